The topological polar surface area (TPSA) is 70.1 Å². The van der Waals surface area contributed by atoms with Crippen LogP contribution in [0, 0.1) is 0 Å². The Kier molecular flexibility index (Phi) is 6.07. The van der Waals surface area contributed by atoms with Crippen molar-refractivity contribution in [2.75, 3.05) is 20.2 Å². The fourth-order valence-electron chi connectivity index (χ4n) is 5.12. The van der Waals surface area contributed by atoms with Crippen molar-refractivity contribution in [1.82, 2.24) is 9.80 Å². The van der Waals surface area contributed by atoms with Gasteiger partial charge in [0.15, 0.2) is 0 Å². The fraction of sp³-hybridized carbons (Fsp3) is 0.286. The number of likely N-dealkylation sites (tertiary alicyclic amines) is 1. The Morgan fingerprint density at radius 2 is 1.53 bits per heavy atom. The van der Waals surface area contributed by atoms with Crippen molar-refractivity contribution in [2.45, 2.75) is 31.0 Å². The van der Waals surface area contributed by atoms with Gasteiger partial charge in [-0.15, -0.1) is 0 Å². The van der Waals surface area contributed by atoms with E-state index in [0.29, 0.717) is 13.0 Å². The van der Waals surface area contributed by atoms with Gasteiger partial charge in [-0.05, 0) is 34.2 Å². The second-order valence-electron chi connectivity index (χ2n) is 8.98. The first-order valence-corrected chi connectivity index (χ1v) is 11.6. The molecule has 1 unspecified atom stereocenters. The second-order valence-corrected chi connectivity index (χ2v) is 8.98. The van der Waals surface area contributed by atoms with Gasteiger partial charge in [0.2, 0.25) is 5.91 Å². The molecule has 1 heterocycles. The molecule has 1 N–H and O–H groups in total. The van der Waals surface area contributed by atoms with Gasteiger partial charge in [-0.1, -0.05) is 78.9 Å². The van der Waals surface area contributed by atoms with Crippen LogP contribution in [0.1, 0.15) is 29.0 Å². The highest BCUT2D eigenvalue weighted by molar-refractivity contribution is 5.87. The number of likely N-dealkylation sites (N-methyl/N-ethyl adjacent to an activating group) is 1. The zero-order chi connectivity index (χ0) is 23.7. The molecule has 1 aliphatic carbocycles. The Morgan fingerprint density at radius 3 is 2.18 bits per heavy atom. The standard InChI is InChI=1S/C28H28N2O4/c1-29(17-19-9-3-2-4-10-19)27(32)26-25(31)15-16-30(26)28(33)34-18-24-22-13-7-5-11-20(22)21-12-6-8-14-23(21)24/h2-14,24-26,31H,15-18H2,1H3/t25?,26-/m0/s1. The molecule has 6 heteroatoms. The minimum atomic E-state index is -0.940. The van der Waals surface area contributed by atoms with Gasteiger partial charge < -0.3 is 14.7 Å². The number of hydrogen-bond donors (Lipinski definition) is 1. The Hall–Kier alpha value is -3.64. The van der Waals surface area contributed by atoms with Crippen LogP contribution in [0.2, 0.25) is 0 Å². The summed E-state index contributed by atoms with van der Waals surface area (Å²) in [5.74, 6) is -0.346. The molecule has 3 aromatic carbocycles. The van der Waals surface area contributed by atoms with Crippen molar-refractivity contribution >= 4 is 12.0 Å². The number of benzene rings is 3. The molecular formula is C28H28N2O4. The van der Waals surface area contributed by atoms with E-state index in [1.807, 2.05) is 54.6 Å². The lowest BCUT2D eigenvalue weighted by molar-refractivity contribution is -0.137. The van der Waals surface area contributed by atoms with Gasteiger partial charge in [0, 0.05) is 26.1 Å². The number of nitrogens with zero attached hydrogens (tertiary/aromatic N) is 2. The summed E-state index contributed by atoms with van der Waals surface area (Å²) in [5.41, 5.74) is 5.57. The first-order chi connectivity index (χ1) is 16.5. The van der Waals surface area contributed by atoms with Gasteiger partial charge >= 0.3 is 6.09 Å². The number of aliphatic hydroxyl groups excluding tert-OH is 1. The molecule has 6 nitrogen and oxygen atoms in total. The molecule has 2 atom stereocenters. The van der Waals surface area contributed by atoms with Crippen molar-refractivity contribution in [2.24, 2.45) is 0 Å². The number of fused-ring (bicyclic) bond motifs is 3. The van der Waals surface area contributed by atoms with Crippen LogP contribution in [0.4, 0.5) is 4.79 Å². The molecule has 3 aromatic rings. The zero-order valence-electron chi connectivity index (χ0n) is 19.1. The molecule has 0 bridgehead atoms. The summed E-state index contributed by atoms with van der Waals surface area (Å²) in [4.78, 5) is 29.2. The Bertz CT molecular complexity index is 1150. The maximum Gasteiger partial charge on any atom is 0.410 e. The molecule has 2 amide bonds. The molecule has 2 aliphatic rings. The van der Waals surface area contributed by atoms with E-state index in [0.717, 1.165) is 27.8 Å². The van der Waals surface area contributed by atoms with E-state index in [4.69, 9.17) is 4.74 Å². The minimum absolute atomic E-state index is 0.0567. The number of ether oxygens (including phenoxy) is 1. The number of hydrogen-bond acceptors (Lipinski definition) is 4. The molecule has 0 spiro atoms. The van der Waals surface area contributed by atoms with E-state index in [1.54, 1.807) is 11.9 Å². The predicted octanol–water partition coefficient (Wildman–Crippen LogP) is 4.03. The van der Waals surface area contributed by atoms with Crippen molar-refractivity contribution in [1.29, 1.82) is 0 Å². The van der Waals surface area contributed by atoms with E-state index in [2.05, 4.69) is 24.3 Å². The van der Waals surface area contributed by atoms with Crippen LogP contribution in [-0.4, -0.2) is 59.3 Å². The van der Waals surface area contributed by atoms with Crippen LogP contribution in [0.15, 0.2) is 78.9 Å². The highest BCUT2D eigenvalue weighted by Crippen LogP contribution is 2.44. The molecular weight excluding hydrogens is 428 g/mol. The third-order valence-electron chi connectivity index (χ3n) is 6.83. The molecule has 174 valence electrons. The van der Waals surface area contributed by atoms with Crippen molar-refractivity contribution < 1.29 is 19.4 Å². The van der Waals surface area contributed by atoms with Gasteiger partial charge in [-0.3, -0.25) is 9.69 Å². The van der Waals surface area contributed by atoms with Gasteiger partial charge in [-0.2, -0.15) is 0 Å². The molecule has 0 radical (unpaired) electrons. The van der Waals surface area contributed by atoms with E-state index in [9.17, 15) is 14.7 Å². The molecule has 34 heavy (non-hydrogen) atoms. The molecule has 0 aromatic heterocycles. The van der Waals surface area contributed by atoms with Crippen LogP contribution < -0.4 is 0 Å². The van der Waals surface area contributed by atoms with Crippen LogP contribution in [0.5, 0.6) is 0 Å². The highest BCUT2D eigenvalue weighted by Gasteiger charge is 2.43. The van der Waals surface area contributed by atoms with Crippen molar-refractivity contribution in [3.05, 3.63) is 95.6 Å². The van der Waals surface area contributed by atoms with E-state index in [-0.39, 0.29) is 25.0 Å². The third kappa shape index (κ3) is 4.05. The zero-order valence-corrected chi connectivity index (χ0v) is 19.1. The lowest BCUT2D eigenvalue weighted by atomic mass is 9.98. The summed E-state index contributed by atoms with van der Waals surface area (Å²) in [6, 6.07) is 25.0. The maximum atomic E-state index is 13.2. The van der Waals surface area contributed by atoms with Gasteiger partial charge in [0.05, 0.1) is 6.10 Å². The largest absolute Gasteiger partial charge is 0.448 e. The third-order valence-corrected chi connectivity index (χ3v) is 6.83. The number of carbonyl (C=O) groups excluding carboxylic acids is 2. The van der Waals surface area contributed by atoms with E-state index >= 15 is 0 Å². The molecule has 5 rings (SSSR count). The molecule has 1 saturated heterocycles. The maximum absolute atomic E-state index is 13.2. The van der Waals surface area contributed by atoms with E-state index < -0.39 is 18.2 Å². The summed E-state index contributed by atoms with van der Waals surface area (Å²) in [6.07, 6.45) is -1.13. The average Bonchev–Trinajstić information content (AvgIpc) is 3.40. The first kappa shape index (κ1) is 22.2. The smallest absolute Gasteiger partial charge is 0.410 e. The normalized spacial score (nSPS) is 18.9. The van der Waals surface area contributed by atoms with Gasteiger partial charge in [0.25, 0.3) is 0 Å². The lowest BCUT2D eigenvalue weighted by Crippen LogP contribution is -2.50. The fourth-order valence-corrected chi connectivity index (χ4v) is 5.12. The molecule has 0 saturated carbocycles. The Balaban J connectivity index is 1.28. The Morgan fingerprint density at radius 1 is 0.941 bits per heavy atom. The monoisotopic (exact) mass is 456 g/mol. The second kappa shape index (κ2) is 9.31. The van der Waals surface area contributed by atoms with Crippen LogP contribution in [0.25, 0.3) is 11.1 Å². The highest BCUT2D eigenvalue weighted by atomic mass is 16.6. The molecule has 1 fully saturated rings. The average molecular weight is 457 g/mol. The predicted molar refractivity (Wildman–Crippen MR) is 129 cm³/mol. The number of aliphatic hydroxyl groups is 1. The first-order valence-electron chi connectivity index (χ1n) is 11.6. The van der Waals surface area contributed by atoms with Gasteiger partial charge in [-0.25, -0.2) is 4.79 Å². The Labute approximate surface area is 199 Å². The summed E-state index contributed by atoms with van der Waals surface area (Å²) in [6.45, 7) is 0.870. The number of rotatable bonds is 5. The van der Waals surface area contributed by atoms with Crippen molar-refractivity contribution in [3.63, 3.8) is 0 Å². The summed E-state index contributed by atoms with van der Waals surface area (Å²) >= 11 is 0. The quantitative estimate of drug-likeness (QED) is 0.629. The van der Waals surface area contributed by atoms with Crippen LogP contribution >= 0.6 is 0 Å². The number of carbonyl (C=O) groups is 2. The van der Waals surface area contributed by atoms with Crippen molar-refractivity contribution in [3.8, 4) is 11.1 Å². The van der Waals surface area contributed by atoms with Gasteiger partial charge in [0.1, 0.15) is 12.6 Å². The summed E-state index contributed by atoms with van der Waals surface area (Å²) in [5, 5.41) is 10.5. The van der Waals surface area contributed by atoms with Crippen LogP contribution in [-0.2, 0) is 16.1 Å². The summed E-state index contributed by atoms with van der Waals surface area (Å²) < 4.78 is 5.76. The summed E-state index contributed by atoms with van der Waals surface area (Å²) in [7, 11) is 1.69. The van der Waals surface area contributed by atoms with Crippen LogP contribution in [0.3, 0.4) is 0 Å². The lowest BCUT2D eigenvalue weighted by Gasteiger charge is -2.29. The van der Waals surface area contributed by atoms with E-state index in [1.165, 1.54) is 4.90 Å². The molecule has 1 aliphatic heterocycles. The SMILES string of the molecule is CN(Cc1ccccc1)C(=O)[C@@H]1C(O)CCN1C(=O)OCC1c2ccccc2-c2ccccc21. The minimum Gasteiger partial charge on any atom is -0.448 e. The number of amides is 2.